The highest BCUT2D eigenvalue weighted by molar-refractivity contribution is 5.90. The van der Waals surface area contributed by atoms with Crippen LogP contribution in [-0.2, 0) is 0 Å². The minimum absolute atomic E-state index is 0.172. The first-order valence-corrected chi connectivity index (χ1v) is 4.89. The highest BCUT2D eigenvalue weighted by Gasteiger charge is 2.09. The van der Waals surface area contributed by atoms with Crippen molar-refractivity contribution < 1.29 is 9.59 Å². The van der Waals surface area contributed by atoms with Gasteiger partial charge in [0.25, 0.3) is 5.91 Å². The second-order valence-corrected chi connectivity index (χ2v) is 3.54. The molecular weight excluding hydrogens is 220 g/mol. The Morgan fingerprint density at radius 1 is 1.53 bits per heavy atom. The highest BCUT2D eigenvalue weighted by Crippen LogP contribution is 2.11. The minimum atomic E-state index is -0.592. The molecule has 2 aromatic rings. The molecule has 2 rings (SSSR count). The lowest BCUT2D eigenvalue weighted by molar-refractivity contribution is 0.0994. The van der Waals surface area contributed by atoms with Gasteiger partial charge in [0, 0.05) is 18.0 Å². The molecule has 2 heterocycles. The molecular formula is C11H10N4O2. The summed E-state index contributed by atoms with van der Waals surface area (Å²) in [4.78, 5) is 25.6. The maximum absolute atomic E-state index is 10.9. The van der Waals surface area contributed by atoms with Crippen molar-refractivity contribution in [2.45, 2.75) is 6.92 Å². The summed E-state index contributed by atoms with van der Waals surface area (Å²) in [7, 11) is 0. The number of primary amides is 1. The molecule has 6 heteroatoms. The van der Waals surface area contributed by atoms with Crippen molar-refractivity contribution in [2.75, 3.05) is 0 Å². The summed E-state index contributed by atoms with van der Waals surface area (Å²) in [6.45, 7) is 1.81. The van der Waals surface area contributed by atoms with Gasteiger partial charge in [-0.2, -0.15) is 5.10 Å². The molecule has 0 saturated carbocycles. The van der Waals surface area contributed by atoms with Gasteiger partial charge in [0.1, 0.15) is 5.69 Å². The topological polar surface area (TPSA) is 90.9 Å². The van der Waals surface area contributed by atoms with Gasteiger partial charge in [0.15, 0.2) is 12.1 Å². The first kappa shape index (κ1) is 11.0. The zero-order chi connectivity index (χ0) is 12.4. The molecule has 6 nitrogen and oxygen atoms in total. The summed E-state index contributed by atoms with van der Waals surface area (Å²) >= 11 is 0. The third-order valence-electron chi connectivity index (χ3n) is 2.27. The molecule has 0 saturated heterocycles. The first-order chi connectivity index (χ1) is 8.11. The summed E-state index contributed by atoms with van der Waals surface area (Å²) in [5.74, 6) is -0.0333. The molecule has 0 aromatic carbocycles. The van der Waals surface area contributed by atoms with Gasteiger partial charge < -0.3 is 5.73 Å². The zero-order valence-corrected chi connectivity index (χ0v) is 9.12. The van der Waals surface area contributed by atoms with Crippen molar-refractivity contribution in [3.63, 3.8) is 0 Å². The van der Waals surface area contributed by atoms with Gasteiger partial charge in [-0.15, -0.1) is 0 Å². The van der Waals surface area contributed by atoms with E-state index in [9.17, 15) is 9.59 Å². The average Bonchev–Trinajstić information content (AvgIpc) is 2.78. The van der Waals surface area contributed by atoms with Gasteiger partial charge in [0.2, 0.25) is 0 Å². The van der Waals surface area contributed by atoms with Crippen LogP contribution in [0.15, 0.2) is 24.5 Å². The van der Waals surface area contributed by atoms with Gasteiger partial charge in [-0.1, -0.05) is 0 Å². The van der Waals surface area contributed by atoms with Crippen LogP contribution < -0.4 is 5.73 Å². The normalized spacial score (nSPS) is 10.2. The summed E-state index contributed by atoms with van der Waals surface area (Å²) < 4.78 is 1.45. The lowest BCUT2D eigenvalue weighted by Crippen LogP contribution is -2.12. The Morgan fingerprint density at radius 2 is 2.29 bits per heavy atom. The summed E-state index contributed by atoms with van der Waals surface area (Å²) in [6, 6.07) is 3.21. The number of carbonyl (C=O) groups is 2. The van der Waals surface area contributed by atoms with Crippen LogP contribution in [-0.4, -0.2) is 27.0 Å². The van der Waals surface area contributed by atoms with Crippen molar-refractivity contribution in [1.29, 1.82) is 0 Å². The number of carbonyl (C=O) groups excluding carboxylic acids is 2. The van der Waals surface area contributed by atoms with Crippen LogP contribution in [0.5, 0.6) is 0 Å². The number of aromatic nitrogens is 3. The van der Waals surface area contributed by atoms with Gasteiger partial charge in [0.05, 0.1) is 0 Å². The number of amides is 1. The third kappa shape index (κ3) is 2.05. The molecule has 0 fully saturated rings. The fraction of sp³-hybridized carbons (Fsp3) is 0.0909. The second kappa shape index (κ2) is 4.17. The second-order valence-electron chi connectivity index (χ2n) is 3.54. The Hall–Kier alpha value is -2.50. The molecule has 17 heavy (non-hydrogen) atoms. The Labute approximate surface area is 97.1 Å². The molecule has 0 bridgehead atoms. The van der Waals surface area contributed by atoms with Crippen LogP contribution in [0.25, 0.3) is 5.82 Å². The van der Waals surface area contributed by atoms with E-state index in [2.05, 4.69) is 10.1 Å². The molecule has 0 unspecified atom stereocenters. The summed E-state index contributed by atoms with van der Waals surface area (Å²) in [5.41, 5.74) is 6.56. The number of nitrogens with zero attached hydrogens (tertiary/aromatic N) is 3. The summed E-state index contributed by atoms with van der Waals surface area (Å²) in [5, 5.41) is 3.99. The molecule has 0 aliphatic rings. The van der Waals surface area contributed by atoms with Crippen molar-refractivity contribution in [3.05, 3.63) is 41.3 Å². The van der Waals surface area contributed by atoms with E-state index < -0.39 is 5.91 Å². The number of nitrogens with two attached hydrogens (primary N) is 1. The molecule has 0 radical (unpaired) electrons. The standard InChI is InChI=1S/C11H10N4O2/c1-7-4-8(6-16)5-13-11(7)15-3-2-9(14-15)10(12)17/h2-6H,1H3,(H2,12,17). The summed E-state index contributed by atoms with van der Waals surface area (Å²) in [6.07, 6.45) is 3.76. The van der Waals surface area contributed by atoms with E-state index in [4.69, 9.17) is 5.73 Å². The number of aryl methyl sites for hydroxylation is 1. The number of hydrogen-bond acceptors (Lipinski definition) is 4. The van der Waals surface area contributed by atoms with Crippen LogP contribution >= 0.6 is 0 Å². The quantitative estimate of drug-likeness (QED) is 0.776. The van der Waals surface area contributed by atoms with Crippen LogP contribution in [0.4, 0.5) is 0 Å². The zero-order valence-electron chi connectivity index (χ0n) is 9.12. The molecule has 0 aliphatic heterocycles. The van der Waals surface area contributed by atoms with Crippen molar-refractivity contribution in [3.8, 4) is 5.82 Å². The van der Waals surface area contributed by atoms with Crippen molar-refractivity contribution in [2.24, 2.45) is 5.73 Å². The van der Waals surface area contributed by atoms with Crippen LogP contribution in [0, 0.1) is 6.92 Å². The lowest BCUT2D eigenvalue weighted by atomic mass is 10.2. The SMILES string of the molecule is Cc1cc(C=O)cnc1-n1ccc(C(N)=O)n1. The Morgan fingerprint density at radius 3 is 2.82 bits per heavy atom. The maximum atomic E-state index is 10.9. The van der Waals surface area contributed by atoms with E-state index in [1.54, 1.807) is 19.2 Å². The Kier molecular flexibility index (Phi) is 2.70. The number of rotatable bonds is 3. The van der Waals surface area contributed by atoms with E-state index in [0.29, 0.717) is 11.4 Å². The monoisotopic (exact) mass is 230 g/mol. The average molecular weight is 230 g/mol. The first-order valence-electron chi connectivity index (χ1n) is 4.89. The van der Waals surface area contributed by atoms with Crippen molar-refractivity contribution >= 4 is 12.2 Å². The Bertz CT molecular complexity index is 589. The van der Waals surface area contributed by atoms with E-state index in [1.807, 2.05) is 0 Å². The van der Waals surface area contributed by atoms with Gasteiger partial charge in [-0.3, -0.25) is 9.59 Å². The smallest absolute Gasteiger partial charge is 0.269 e. The Balaban J connectivity index is 2.45. The molecule has 0 aliphatic carbocycles. The molecule has 2 aromatic heterocycles. The number of pyridine rings is 1. The largest absolute Gasteiger partial charge is 0.364 e. The minimum Gasteiger partial charge on any atom is -0.364 e. The highest BCUT2D eigenvalue weighted by atomic mass is 16.1. The number of hydrogen-bond donors (Lipinski definition) is 1. The van der Waals surface area contributed by atoms with E-state index in [1.165, 1.54) is 16.9 Å². The van der Waals surface area contributed by atoms with Crippen LogP contribution in [0.1, 0.15) is 26.4 Å². The predicted molar refractivity (Wildman–Crippen MR) is 60.0 cm³/mol. The maximum Gasteiger partial charge on any atom is 0.269 e. The van der Waals surface area contributed by atoms with Gasteiger partial charge >= 0.3 is 0 Å². The third-order valence-corrected chi connectivity index (χ3v) is 2.27. The molecule has 1 amide bonds. The van der Waals surface area contributed by atoms with Gasteiger partial charge in [-0.25, -0.2) is 9.67 Å². The van der Waals surface area contributed by atoms with Crippen molar-refractivity contribution in [1.82, 2.24) is 14.8 Å². The van der Waals surface area contributed by atoms with Crippen LogP contribution in [0.3, 0.4) is 0 Å². The lowest BCUT2D eigenvalue weighted by Gasteiger charge is -2.04. The molecule has 86 valence electrons. The van der Waals surface area contributed by atoms with Gasteiger partial charge in [-0.05, 0) is 24.6 Å². The fourth-order valence-electron chi connectivity index (χ4n) is 1.47. The number of aldehydes is 1. The molecule has 0 spiro atoms. The fourth-order valence-corrected chi connectivity index (χ4v) is 1.47. The van der Waals surface area contributed by atoms with E-state index in [-0.39, 0.29) is 5.69 Å². The van der Waals surface area contributed by atoms with Crippen LogP contribution in [0.2, 0.25) is 0 Å². The molecule has 2 N–H and O–H groups in total. The van der Waals surface area contributed by atoms with E-state index >= 15 is 0 Å². The predicted octanol–water partition coefficient (Wildman–Crippen LogP) is 0.487. The molecule has 0 atom stereocenters. The van der Waals surface area contributed by atoms with E-state index in [0.717, 1.165) is 11.8 Å².